The summed E-state index contributed by atoms with van der Waals surface area (Å²) in [6, 6.07) is 8.79. The normalized spacial score (nSPS) is 25.3. The van der Waals surface area contributed by atoms with Crippen LogP contribution >= 0.6 is 0 Å². The van der Waals surface area contributed by atoms with Gasteiger partial charge in [-0.2, -0.15) is 0 Å². The van der Waals surface area contributed by atoms with Crippen LogP contribution in [0.5, 0.6) is 5.75 Å². The van der Waals surface area contributed by atoms with Crippen LogP contribution in [0.3, 0.4) is 0 Å². The van der Waals surface area contributed by atoms with Crippen LogP contribution in [-0.2, 0) is 11.3 Å². The number of piperidine rings is 1. The van der Waals surface area contributed by atoms with Gasteiger partial charge in [0, 0.05) is 30.4 Å². The highest BCUT2D eigenvalue weighted by atomic mass is 16.5. The third-order valence-electron chi connectivity index (χ3n) is 5.38. The maximum Gasteiger partial charge on any atom is 0.223 e. The molecule has 1 aliphatic carbocycles. The van der Waals surface area contributed by atoms with Crippen LogP contribution in [-0.4, -0.2) is 32.1 Å². The first-order valence-electron chi connectivity index (χ1n) is 9.01. The van der Waals surface area contributed by atoms with Gasteiger partial charge in [-0.3, -0.25) is 4.79 Å². The Hall–Kier alpha value is -1.55. The minimum Gasteiger partial charge on any atom is -0.497 e. The van der Waals surface area contributed by atoms with E-state index in [9.17, 15) is 4.79 Å². The van der Waals surface area contributed by atoms with Crippen LogP contribution in [0.25, 0.3) is 0 Å². The van der Waals surface area contributed by atoms with E-state index in [1.54, 1.807) is 12.0 Å². The van der Waals surface area contributed by atoms with Gasteiger partial charge in [-0.15, -0.1) is 0 Å². The van der Waals surface area contributed by atoms with E-state index < -0.39 is 0 Å². The van der Waals surface area contributed by atoms with E-state index in [1.807, 2.05) is 12.1 Å². The largest absolute Gasteiger partial charge is 0.497 e. The van der Waals surface area contributed by atoms with Gasteiger partial charge in [0.2, 0.25) is 5.91 Å². The van der Waals surface area contributed by atoms with E-state index in [4.69, 9.17) is 4.74 Å². The fourth-order valence-corrected chi connectivity index (χ4v) is 3.89. The summed E-state index contributed by atoms with van der Waals surface area (Å²) in [5.41, 5.74) is 1.34. The Labute approximate surface area is 139 Å². The summed E-state index contributed by atoms with van der Waals surface area (Å²) >= 11 is 0. The zero-order valence-electron chi connectivity index (χ0n) is 14.1. The van der Waals surface area contributed by atoms with Gasteiger partial charge in [0.1, 0.15) is 12.3 Å². The number of nitrogens with one attached hydrogen (secondary N) is 2. The lowest BCUT2D eigenvalue weighted by Crippen LogP contribution is -3.11. The van der Waals surface area contributed by atoms with Gasteiger partial charge in [0.05, 0.1) is 20.2 Å². The van der Waals surface area contributed by atoms with Crippen molar-refractivity contribution in [2.75, 3.05) is 20.2 Å². The SMILES string of the molecule is COc1ccc(C[NH+]2CCC(C(=O)NC3CCCC3)CC2)cc1. The predicted molar refractivity (Wildman–Crippen MR) is 90.5 cm³/mol. The molecule has 0 aromatic heterocycles. The number of ether oxygens (including phenoxy) is 1. The Kier molecular flexibility index (Phi) is 5.55. The second-order valence-corrected chi connectivity index (χ2v) is 7.04. The Bertz CT molecular complexity index is 501. The smallest absolute Gasteiger partial charge is 0.223 e. The summed E-state index contributed by atoms with van der Waals surface area (Å²) in [6.45, 7) is 3.23. The van der Waals surface area contributed by atoms with Gasteiger partial charge in [0.25, 0.3) is 0 Å². The molecule has 1 heterocycles. The van der Waals surface area contributed by atoms with E-state index in [-0.39, 0.29) is 5.92 Å². The topological polar surface area (TPSA) is 42.8 Å². The Morgan fingerprint density at radius 2 is 1.78 bits per heavy atom. The van der Waals surface area contributed by atoms with E-state index in [0.29, 0.717) is 11.9 Å². The molecule has 2 aliphatic rings. The summed E-state index contributed by atoms with van der Waals surface area (Å²) < 4.78 is 5.20. The van der Waals surface area contributed by atoms with E-state index in [0.717, 1.165) is 38.2 Å². The van der Waals surface area contributed by atoms with Gasteiger partial charge in [-0.25, -0.2) is 0 Å². The third kappa shape index (κ3) is 4.47. The average Bonchev–Trinajstić information content (AvgIpc) is 3.09. The molecule has 2 N–H and O–H groups in total. The lowest BCUT2D eigenvalue weighted by Gasteiger charge is -2.29. The van der Waals surface area contributed by atoms with Crippen molar-refractivity contribution in [3.8, 4) is 5.75 Å². The van der Waals surface area contributed by atoms with Crippen LogP contribution in [0.15, 0.2) is 24.3 Å². The number of hydrogen-bond donors (Lipinski definition) is 2. The van der Waals surface area contributed by atoms with Gasteiger partial charge in [-0.05, 0) is 37.1 Å². The average molecular weight is 317 g/mol. The minimum atomic E-state index is 0.232. The highest BCUT2D eigenvalue weighted by Crippen LogP contribution is 2.19. The number of rotatable bonds is 5. The molecule has 0 atom stereocenters. The van der Waals surface area contributed by atoms with Crippen molar-refractivity contribution < 1.29 is 14.4 Å². The van der Waals surface area contributed by atoms with Crippen molar-refractivity contribution in [3.63, 3.8) is 0 Å². The molecule has 3 rings (SSSR count). The molecule has 0 spiro atoms. The number of carbonyl (C=O) groups excluding carboxylic acids is 1. The first kappa shape index (κ1) is 16.3. The summed E-state index contributed by atoms with van der Waals surface area (Å²) in [5.74, 6) is 1.45. The quantitative estimate of drug-likeness (QED) is 0.865. The standard InChI is InChI=1S/C19H28N2O2/c1-23-18-8-6-15(7-9-18)14-21-12-10-16(11-13-21)19(22)20-17-4-2-3-5-17/h6-9,16-17H,2-5,10-14H2,1H3,(H,20,22)/p+1. The maximum atomic E-state index is 12.4. The number of quaternary nitrogens is 1. The summed E-state index contributed by atoms with van der Waals surface area (Å²) in [7, 11) is 1.70. The molecular weight excluding hydrogens is 288 g/mol. The molecule has 1 aromatic rings. The van der Waals surface area contributed by atoms with E-state index in [2.05, 4.69) is 17.4 Å². The predicted octanol–water partition coefficient (Wildman–Crippen LogP) is 1.55. The van der Waals surface area contributed by atoms with E-state index in [1.165, 1.54) is 31.2 Å². The Morgan fingerprint density at radius 3 is 2.39 bits per heavy atom. The van der Waals surface area contributed by atoms with Crippen molar-refractivity contribution in [2.24, 2.45) is 5.92 Å². The minimum absolute atomic E-state index is 0.232. The van der Waals surface area contributed by atoms with Gasteiger partial charge in [0.15, 0.2) is 0 Å². The monoisotopic (exact) mass is 317 g/mol. The molecule has 4 nitrogen and oxygen atoms in total. The lowest BCUT2D eigenvalue weighted by atomic mass is 9.95. The fourth-order valence-electron chi connectivity index (χ4n) is 3.89. The fraction of sp³-hybridized carbons (Fsp3) is 0.632. The Morgan fingerprint density at radius 1 is 1.13 bits per heavy atom. The summed E-state index contributed by atoms with van der Waals surface area (Å²) in [6.07, 6.45) is 6.93. The molecule has 126 valence electrons. The molecule has 0 unspecified atom stereocenters. The van der Waals surface area contributed by atoms with Crippen LogP contribution < -0.4 is 15.0 Å². The number of hydrogen-bond acceptors (Lipinski definition) is 2. The highest BCUT2D eigenvalue weighted by Gasteiger charge is 2.29. The molecular formula is C19H29N2O2+. The number of carbonyl (C=O) groups is 1. The molecule has 2 fully saturated rings. The number of amides is 1. The van der Waals surface area contributed by atoms with Crippen molar-refractivity contribution in [3.05, 3.63) is 29.8 Å². The zero-order valence-corrected chi connectivity index (χ0v) is 14.1. The van der Waals surface area contributed by atoms with Gasteiger partial charge in [-0.1, -0.05) is 12.8 Å². The first-order valence-corrected chi connectivity index (χ1v) is 9.01. The molecule has 1 saturated heterocycles. The molecule has 23 heavy (non-hydrogen) atoms. The van der Waals surface area contributed by atoms with Crippen molar-refractivity contribution in [2.45, 2.75) is 51.1 Å². The van der Waals surface area contributed by atoms with Crippen LogP contribution in [0.1, 0.15) is 44.1 Å². The molecule has 1 aromatic carbocycles. The Balaban J connectivity index is 1.43. The van der Waals surface area contributed by atoms with Crippen LogP contribution in [0.4, 0.5) is 0 Å². The van der Waals surface area contributed by atoms with Crippen molar-refractivity contribution in [1.82, 2.24) is 5.32 Å². The van der Waals surface area contributed by atoms with E-state index >= 15 is 0 Å². The second-order valence-electron chi connectivity index (χ2n) is 7.04. The zero-order chi connectivity index (χ0) is 16.1. The number of benzene rings is 1. The first-order chi connectivity index (χ1) is 11.2. The molecule has 0 bridgehead atoms. The van der Waals surface area contributed by atoms with Crippen LogP contribution in [0.2, 0.25) is 0 Å². The second kappa shape index (κ2) is 7.82. The van der Waals surface area contributed by atoms with Gasteiger partial charge < -0.3 is 15.0 Å². The molecule has 0 radical (unpaired) electrons. The van der Waals surface area contributed by atoms with Crippen LogP contribution in [0, 0.1) is 5.92 Å². The molecule has 1 amide bonds. The van der Waals surface area contributed by atoms with Crippen molar-refractivity contribution in [1.29, 1.82) is 0 Å². The van der Waals surface area contributed by atoms with Crippen molar-refractivity contribution >= 4 is 5.91 Å². The molecule has 1 aliphatic heterocycles. The van der Waals surface area contributed by atoms with Gasteiger partial charge >= 0.3 is 0 Å². The third-order valence-corrected chi connectivity index (χ3v) is 5.38. The lowest BCUT2D eigenvalue weighted by molar-refractivity contribution is -0.919. The summed E-state index contributed by atoms with van der Waals surface area (Å²) in [4.78, 5) is 13.9. The maximum absolute atomic E-state index is 12.4. The number of methoxy groups -OCH3 is 1. The highest BCUT2D eigenvalue weighted by molar-refractivity contribution is 5.79. The number of likely N-dealkylation sites (tertiary alicyclic amines) is 1. The summed E-state index contributed by atoms with van der Waals surface area (Å²) in [5, 5.41) is 3.26. The molecule has 4 heteroatoms. The molecule has 1 saturated carbocycles.